The third-order valence-electron chi connectivity index (χ3n) is 4.02. The molecule has 2 aromatic heterocycles. The number of fused-ring (bicyclic) bond motifs is 1. The standard InChI is InChI=1S/C11H18N5O13P3/c1-12-9-6-10(14-3-13-9)16(4-15-6)11-8(18)7(17)5(27-11)2-26-31(22,23)29-32(24,25)28-30(19,20)21/h3-5,7-8,11,17-18H,2H2,1H3,(H,22,23)(H,24,25)(H,12,13,14)(H2,19,20,21)/t5-,7+,8?,11-/m1/s1. The molecule has 1 fully saturated rings. The molecular formula is C11H18N5O13P3. The Hall–Kier alpha value is -1.36. The molecule has 0 amide bonds. The summed E-state index contributed by atoms with van der Waals surface area (Å²) in [7, 11) is -15.1. The number of rotatable bonds is 9. The molecule has 18 nitrogen and oxygen atoms in total. The molecule has 3 rings (SSSR count). The zero-order valence-electron chi connectivity index (χ0n) is 15.8. The van der Waals surface area contributed by atoms with Crippen molar-refractivity contribution in [3.05, 3.63) is 12.7 Å². The van der Waals surface area contributed by atoms with Crippen LogP contribution in [0.5, 0.6) is 0 Å². The molecule has 180 valence electrons. The Balaban J connectivity index is 1.70. The Morgan fingerprint density at radius 1 is 1.06 bits per heavy atom. The van der Waals surface area contributed by atoms with Gasteiger partial charge in [0.25, 0.3) is 0 Å². The molecule has 3 unspecified atom stereocenters. The zero-order valence-corrected chi connectivity index (χ0v) is 18.5. The molecule has 0 spiro atoms. The first kappa shape index (κ1) is 25.3. The number of phosphoric acid groups is 3. The second kappa shape index (κ2) is 9.12. The fourth-order valence-electron chi connectivity index (χ4n) is 2.79. The van der Waals surface area contributed by atoms with E-state index in [1.165, 1.54) is 17.2 Å². The van der Waals surface area contributed by atoms with E-state index in [1.54, 1.807) is 7.05 Å². The maximum Gasteiger partial charge on any atom is 0.490 e. The summed E-state index contributed by atoms with van der Waals surface area (Å²) < 4.78 is 52.1. The second-order valence-electron chi connectivity index (χ2n) is 6.23. The van der Waals surface area contributed by atoms with Crippen LogP contribution in [0.2, 0.25) is 0 Å². The van der Waals surface area contributed by atoms with E-state index in [0.29, 0.717) is 11.3 Å². The lowest BCUT2D eigenvalue weighted by molar-refractivity contribution is -0.0503. The number of aromatic nitrogens is 4. The second-order valence-corrected chi connectivity index (χ2v) is 10.6. The molecule has 3 heterocycles. The maximum absolute atomic E-state index is 11.8. The van der Waals surface area contributed by atoms with E-state index in [9.17, 15) is 28.8 Å². The monoisotopic (exact) mass is 521 g/mol. The molecule has 1 aliphatic rings. The van der Waals surface area contributed by atoms with Crippen LogP contribution in [0.1, 0.15) is 6.23 Å². The molecule has 6 atom stereocenters. The van der Waals surface area contributed by atoms with Gasteiger partial charge >= 0.3 is 23.5 Å². The molecule has 0 radical (unpaired) electrons. The number of hydrogen-bond donors (Lipinski definition) is 7. The molecular weight excluding hydrogens is 503 g/mol. The molecule has 32 heavy (non-hydrogen) atoms. The van der Waals surface area contributed by atoms with E-state index in [4.69, 9.17) is 19.4 Å². The molecule has 0 bridgehead atoms. The van der Waals surface area contributed by atoms with Gasteiger partial charge in [0.1, 0.15) is 30.2 Å². The van der Waals surface area contributed by atoms with Gasteiger partial charge in [0.15, 0.2) is 17.7 Å². The Morgan fingerprint density at radius 3 is 2.38 bits per heavy atom. The fraction of sp³-hybridized carbons (Fsp3) is 0.545. The van der Waals surface area contributed by atoms with E-state index in [-0.39, 0.29) is 5.65 Å². The highest BCUT2D eigenvalue weighted by Crippen LogP contribution is 2.66. The van der Waals surface area contributed by atoms with E-state index >= 15 is 0 Å². The number of phosphoric ester groups is 1. The molecule has 0 saturated carbocycles. The number of anilines is 1. The number of ether oxygens (including phenoxy) is 1. The predicted octanol–water partition coefficient (Wildman–Crippen LogP) is -1.17. The van der Waals surface area contributed by atoms with E-state index in [0.717, 1.165) is 0 Å². The van der Waals surface area contributed by atoms with Gasteiger partial charge in [0.2, 0.25) is 0 Å². The minimum absolute atomic E-state index is 0.231. The summed E-state index contributed by atoms with van der Waals surface area (Å²) >= 11 is 0. The van der Waals surface area contributed by atoms with Gasteiger partial charge in [0, 0.05) is 7.05 Å². The van der Waals surface area contributed by atoms with Crippen LogP contribution in [-0.4, -0.2) is 81.3 Å². The maximum atomic E-state index is 11.8. The summed E-state index contributed by atoms with van der Waals surface area (Å²) in [6.45, 7) is -0.943. The van der Waals surface area contributed by atoms with Gasteiger partial charge in [-0.2, -0.15) is 8.62 Å². The minimum atomic E-state index is -5.70. The quantitative estimate of drug-likeness (QED) is 0.192. The van der Waals surface area contributed by atoms with Crippen LogP contribution in [-0.2, 0) is 31.6 Å². The van der Waals surface area contributed by atoms with E-state index in [2.05, 4.69) is 33.4 Å². The van der Waals surface area contributed by atoms with Crippen LogP contribution in [0.15, 0.2) is 12.7 Å². The average Bonchev–Trinajstić information content (AvgIpc) is 3.19. The summed E-state index contributed by atoms with van der Waals surface area (Å²) in [5.74, 6) is 0.381. The normalized spacial score (nSPS) is 27.8. The first-order valence-corrected chi connectivity index (χ1v) is 12.9. The highest BCUT2D eigenvalue weighted by atomic mass is 31.3. The van der Waals surface area contributed by atoms with Crippen LogP contribution >= 0.6 is 23.5 Å². The predicted molar refractivity (Wildman–Crippen MR) is 101 cm³/mol. The number of imidazole rings is 1. The van der Waals surface area contributed by atoms with E-state index < -0.39 is 54.6 Å². The largest absolute Gasteiger partial charge is 0.490 e. The van der Waals surface area contributed by atoms with Crippen molar-refractivity contribution < 1.29 is 61.4 Å². The summed E-state index contributed by atoms with van der Waals surface area (Å²) in [6, 6.07) is 0. The van der Waals surface area contributed by atoms with Gasteiger partial charge in [0.05, 0.1) is 12.9 Å². The highest BCUT2D eigenvalue weighted by Gasteiger charge is 2.47. The Kier molecular flexibility index (Phi) is 7.20. The first-order valence-electron chi connectivity index (χ1n) is 8.38. The van der Waals surface area contributed by atoms with Gasteiger partial charge in [-0.05, 0) is 0 Å². The summed E-state index contributed by atoms with van der Waals surface area (Å²) in [4.78, 5) is 47.8. The highest BCUT2D eigenvalue weighted by molar-refractivity contribution is 7.66. The molecule has 2 aromatic rings. The van der Waals surface area contributed by atoms with Gasteiger partial charge < -0.3 is 39.8 Å². The van der Waals surface area contributed by atoms with Crippen molar-refractivity contribution in [2.45, 2.75) is 24.5 Å². The third kappa shape index (κ3) is 5.76. The third-order valence-corrected chi connectivity index (χ3v) is 7.83. The number of hydrogen-bond acceptors (Lipinski definition) is 13. The van der Waals surface area contributed by atoms with Crippen molar-refractivity contribution in [3.63, 3.8) is 0 Å². The molecule has 7 N–H and O–H groups in total. The topological polar surface area (TPSA) is 265 Å². The SMILES string of the molecule is CNc1ncnc2c1ncn2[C@@H]1O[C@H](COP(=O)(O)OP(=O)(O)OP(=O)(O)O)[C@H](O)C1O. The summed E-state index contributed by atoms with van der Waals surface area (Å²) in [5, 5.41) is 23.3. The minimum Gasteiger partial charge on any atom is -0.387 e. The van der Waals surface area contributed by atoms with Crippen molar-refractivity contribution in [3.8, 4) is 0 Å². The summed E-state index contributed by atoms with van der Waals surface area (Å²) in [5.41, 5.74) is 0.561. The van der Waals surface area contributed by atoms with Gasteiger partial charge in [-0.3, -0.25) is 9.09 Å². The van der Waals surface area contributed by atoms with Gasteiger partial charge in [-0.25, -0.2) is 28.6 Å². The number of nitrogens with one attached hydrogen (secondary N) is 1. The van der Waals surface area contributed by atoms with Gasteiger partial charge in [-0.1, -0.05) is 0 Å². The van der Waals surface area contributed by atoms with Crippen molar-refractivity contribution in [2.24, 2.45) is 0 Å². The van der Waals surface area contributed by atoms with Gasteiger partial charge in [-0.15, -0.1) is 0 Å². The van der Waals surface area contributed by atoms with E-state index in [1.807, 2.05) is 0 Å². The van der Waals surface area contributed by atoms with Crippen LogP contribution in [0.4, 0.5) is 5.82 Å². The molecule has 1 aliphatic heterocycles. The smallest absolute Gasteiger partial charge is 0.387 e. The molecule has 21 heteroatoms. The van der Waals surface area contributed by atoms with Crippen LogP contribution in [0, 0.1) is 0 Å². The lowest BCUT2D eigenvalue weighted by Gasteiger charge is -2.19. The zero-order chi connectivity index (χ0) is 23.9. The van der Waals surface area contributed by atoms with Crippen LogP contribution < -0.4 is 5.32 Å². The van der Waals surface area contributed by atoms with Crippen LogP contribution in [0.3, 0.4) is 0 Å². The Bertz CT molecular complexity index is 1120. The molecule has 0 aliphatic carbocycles. The molecule has 0 aromatic carbocycles. The number of aliphatic hydroxyl groups excluding tert-OH is 2. The average molecular weight is 521 g/mol. The fourth-order valence-corrected chi connectivity index (χ4v) is 5.82. The lowest BCUT2D eigenvalue weighted by Crippen LogP contribution is -2.33. The number of aliphatic hydroxyl groups is 2. The lowest BCUT2D eigenvalue weighted by atomic mass is 10.1. The van der Waals surface area contributed by atoms with Crippen molar-refractivity contribution in [2.75, 3.05) is 19.0 Å². The van der Waals surface area contributed by atoms with Crippen molar-refractivity contribution in [1.29, 1.82) is 0 Å². The Labute approximate surface area is 178 Å². The number of nitrogens with zero attached hydrogens (tertiary/aromatic N) is 4. The Morgan fingerprint density at radius 2 is 1.75 bits per heavy atom. The molecule has 1 saturated heterocycles. The van der Waals surface area contributed by atoms with Crippen molar-refractivity contribution >= 4 is 40.4 Å². The van der Waals surface area contributed by atoms with Crippen molar-refractivity contribution in [1.82, 2.24) is 19.5 Å². The first-order chi connectivity index (χ1) is 14.7. The van der Waals surface area contributed by atoms with Crippen LogP contribution in [0.25, 0.3) is 11.2 Å². The summed E-state index contributed by atoms with van der Waals surface area (Å²) in [6.07, 6.45) is -3.46.